The summed E-state index contributed by atoms with van der Waals surface area (Å²) in [6.45, 7) is 4.01. The Labute approximate surface area is 124 Å². The number of halogens is 1. The van der Waals surface area contributed by atoms with Gasteiger partial charge in [-0.25, -0.2) is 9.97 Å². The highest BCUT2D eigenvalue weighted by Crippen LogP contribution is 2.28. The van der Waals surface area contributed by atoms with E-state index in [4.69, 9.17) is 11.6 Å². The smallest absolute Gasteiger partial charge is 0.137 e. The second-order valence-electron chi connectivity index (χ2n) is 5.11. The van der Waals surface area contributed by atoms with Crippen LogP contribution in [0.3, 0.4) is 0 Å². The minimum Gasteiger partial charge on any atom is -0.352 e. The maximum absolute atomic E-state index is 6.21. The molecule has 4 heteroatoms. The van der Waals surface area contributed by atoms with Crippen molar-refractivity contribution in [1.29, 1.82) is 0 Å². The van der Waals surface area contributed by atoms with Crippen molar-refractivity contribution in [2.24, 2.45) is 0 Å². The molecule has 0 saturated carbocycles. The van der Waals surface area contributed by atoms with Gasteiger partial charge in [-0.05, 0) is 30.4 Å². The van der Waals surface area contributed by atoms with E-state index in [1.807, 2.05) is 0 Å². The summed E-state index contributed by atoms with van der Waals surface area (Å²) in [7, 11) is 0. The topological polar surface area (TPSA) is 29.0 Å². The fourth-order valence-corrected chi connectivity index (χ4v) is 3.10. The summed E-state index contributed by atoms with van der Waals surface area (Å²) in [6.07, 6.45) is 4.69. The minimum atomic E-state index is 0.579. The average molecular weight is 288 g/mol. The van der Waals surface area contributed by atoms with E-state index in [1.54, 1.807) is 6.33 Å². The molecule has 0 bridgehead atoms. The van der Waals surface area contributed by atoms with E-state index in [0.717, 1.165) is 43.7 Å². The minimum absolute atomic E-state index is 0.579. The molecule has 20 heavy (non-hydrogen) atoms. The van der Waals surface area contributed by atoms with Crippen molar-refractivity contribution < 1.29 is 0 Å². The van der Waals surface area contributed by atoms with E-state index >= 15 is 0 Å². The molecule has 1 aliphatic heterocycles. The molecule has 3 rings (SSSR count). The third-order valence-electron chi connectivity index (χ3n) is 3.88. The first-order chi connectivity index (χ1) is 9.79. The zero-order chi connectivity index (χ0) is 13.9. The van der Waals surface area contributed by atoms with Crippen LogP contribution in [0, 0.1) is 0 Å². The lowest BCUT2D eigenvalue weighted by Crippen LogP contribution is -2.25. The number of anilines is 1. The Hall–Kier alpha value is -1.61. The van der Waals surface area contributed by atoms with Crippen molar-refractivity contribution in [2.45, 2.75) is 32.7 Å². The highest BCUT2D eigenvalue weighted by atomic mass is 35.5. The quantitative estimate of drug-likeness (QED) is 0.790. The van der Waals surface area contributed by atoms with Crippen molar-refractivity contribution in [3.63, 3.8) is 0 Å². The average Bonchev–Trinajstić information content (AvgIpc) is 2.69. The Morgan fingerprint density at radius 3 is 2.80 bits per heavy atom. The van der Waals surface area contributed by atoms with Gasteiger partial charge in [-0.1, -0.05) is 42.8 Å². The van der Waals surface area contributed by atoms with Crippen LogP contribution in [-0.4, -0.2) is 16.5 Å². The van der Waals surface area contributed by atoms with Crippen LogP contribution in [-0.2, 0) is 19.4 Å². The van der Waals surface area contributed by atoms with Crippen molar-refractivity contribution in [2.75, 3.05) is 11.4 Å². The second kappa shape index (κ2) is 5.80. The van der Waals surface area contributed by atoms with Gasteiger partial charge in [0.2, 0.25) is 0 Å². The molecule has 1 aliphatic rings. The lowest BCUT2D eigenvalue weighted by Gasteiger charge is -2.24. The van der Waals surface area contributed by atoms with Gasteiger partial charge in [0.05, 0.1) is 0 Å². The molecule has 0 amide bonds. The SMILES string of the molecule is CCc1c(Cl)ncnc1N1CCCc2ccccc2C1. The Bertz CT molecular complexity index is 612. The van der Waals surface area contributed by atoms with E-state index in [-0.39, 0.29) is 0 Å². The van der Waals surface area contributed by atoms with Crippen LogP contribution in [0.4, 0.5) is 5.82 Å². The predicted molar refractivity (Wildman–Crippen MR) is 82.2 cm³/mol. The Kier molecular flexibility index (Phi) is 3.88. The molecule has 0 fully saturated rings. The zero-order valence-corrected chi connectivity index (χ0v) is 12.4. The van der Waals surface area contributed by atoms with Gasteiger partial charge in [0.15, 0.2) is 0 Å². The largest absolute Gasteiger partial charge is 0.352 e. The first kappa shape index (κ1) is 13.4. The lowest BCUT2D eigenvalue weighted by molar-refractivity contribution is 0.746. The standard InChI is InChI=1S/C16H18ClN3/c1-2-14-15(17)18-11-19-16(14)20-9-5-8-12-6-3-4-7-13(12)10-20/h3-4,6-7,11H,2,5,8-10H2,1H3. The number of aromatic nitrogens is 2. The van der Waals surface area contributed by atoms with Gasteiger partial charge in [0, 0.05) is 18.7 Å². The summed E-state index contributed by atoms with van der Waals surface area (Å²) >= 11 is 6.21. The molecule has 0 radical (unpaired) electrons. The summed E-state index contributed by atoms with van der Waals surface area (Å²) in [5.74, 6) is 0.990. The third kappa shape index (κ3) is 2.50. The van der Waals surface area contributed by atoms with Crippen molar-refractivity contribution in [3.05, 3.63) is 52.4 Å². The van der Waals surface area contributed by atoms with E-state index in [2.05, 4.69) is 46.1 Å². The molecule has 0 spiro atoms. The molecule has 2 heterocycles. The predicted octanol–water partition coefficient (Wildman–Crippen LogP) is 3.65. The molecule has 0 saturated heterocycles. The number of fused-ring (bicyclic) bond motifs is 1. The van der Waals surface area contributed by atoms with E-state index in [0.29, 0.717) is 5.15 Å². The number of aryl methyl sites for hydroxylation is 1. The van der Waals surface area contributed by atoms with Crippen LogP contribution >= 0.6 is 11.6 Å². The molecule has 104 valence electrons. The number of hydrogen-bond acceptors (Lipinski definition) is 3. The molecule has 0 unspecified atom stereocenters. The first-order valence-electron chi connectivity index (χ1n) is 7.10. The van der Waals surface area contributed by atoms with Gasteiger partial charge in [-0.2, -0.15) is 0 Å². The molecular formula is C16H18ClN3. The number of hydrogen-bond donors (Lipinski definition) is 0. The summed E-state index contributed by atoms with van der Waals surface area (Å²) < 4.78 is 0. The number of benzene rings is 1. The van der Waals surface area contributed by atoms with Gasteiger partial charge in [0.25, 0.3) is 0 Å². The van der Waals surface area contributed by atoms with Crippen LogP contribution in [0.2, 0.25) is 5.15 Å². The molecular weight excluding hydrogens is 270 g/mol. The van der Waals surface area contributed by atoms with E-state index in [1.165, 1.54) is 11.1 Å². The van der Waals surface area contributed by atoms with Crippen molar-refractivity contribution in [1.82, 2.24) is 9.97 Å². The van der Waals surface area contributed by atoms with Crippen LogP contribution < -0.4 is 4.90 Å². The Morgan fingerprint density at radius 1 is 1.20 bits per heavy atom. The fraction of sp³-hybridized carbons (Fsp3) is 0.375. The highest BCUT2D eigenvalue weighted by molar-refractivity contribution is 6.30. The van der Waals surface area contributed by atoms with E-state index in [9.17, 15) is 0 Å². The van der Waals surface area contributed by atoms with Crippen LogP contribution in [0.5, 0.6) is 0 Å². The summed E-state index contributed by atoms with van der Waals surface area (Å²) in [5, 5.41) is 0.579. The summed E-state index contributed by atoms with van der Waals surface area (Å²) in [4.78, 5) is 10.9. The normalized spacial score (nSPS) is 14.8. The molecule has 2 aromatic rings. The zero-order valence-electron chi connectivity index (χ0n) is 11.6. The maximum atomic E-state index is 6.21. The van der Waals surface area contributed by atoms with Crippen molar-refractivity contribution in [3.8, 4) is 0 Å². The fourth-order valence-electron chi connectivity index (χ4n) is 2.84. The number of rotatable bonds is 2. The Balaban J connectivity index is 1.98. The first-order valence-corrected chi connectivity index (χ1v) is 7.48. The van der Waals surface area contributed by atoms with Crippen LogP contribution in [0.1, 0.15) is 30.0 Å². The van der Waals surface area contributed by atoms with Gasteiger partial charge in [-0.15, -0.1) is 0 Å². The summed E-state index contributed by atoms with van der Waals surface area (Å²) in [6, 6.07) is 8.66. The molecule has 0 N–H and O–H groups in total. The van der Waals surface area contributed by atoms with E-state index < -0.39 is 0 Å². The van der Waals surface area contributed by atoms with Gasteiger partial charge < -0.3 is 4.90 Å². The van der Waals surface area contributed by atoms with Gasteiger partial charge in [0.1, 0.15) is 17.3 Å². The number of nitrogens with zero attached hydrogens (tertiary/aromatic N) is 3. The highest BCUT2D eigenvalue weighted by Gasteiger charge is 2.19. The second-order valence-corrected chi connectivity index (χ2v) is 5.47. The monoisotopic (exact) mass is 287 g/mol. The van der Waals surface area contributed by atoms with Crippen molar-refractivity contribution >= 4 is 17.4 Å². The van der Waals surface area contributed by atoms with Crippen LogP contribution in [0.15, 0.2) is 30.6 Å². The molecule has 0 aliphatic carbocycles. The molecule has 3 nitrogen and oxygen atoms in total. The van der Waals surface area contributed by atoms with Gasteiger partial charge >= 0.3 is 0 Å². The van der Waals surface area contributed by atoms with Crippen LogP contribution in [0.25, 0.3) is 0 Å². The maximum Gasteiger partial charge on any atom is 0.137 e. The third-order valence-corrected chi connectivity index (χ3v) is 4.20. The van der Waals surface area contributed by atoms with Gasteiger partial charge in [-0.3, -0.25) is 0 Å². The molecule has 1 aromatic heterocycles. The molecule has 0 atom stereocenters. The Morgan fingerprint density at radius 2 is 2.00 bits per heavy atom. The lowest BCUT2D eigenvalue weighted by atomic mass is 10.0. The molecule has 1 aromatic carbocycles. The summed E-state index contributed by atoms with van der Waals surface area (Å²) in [5.41, 5.74) is 3.89.